The minimum absolute atomic E-state index is 0.0844. The van der Waals surface area contributed by atoms with Gasteiger partial charge < -0.3 is 15.2 Å². The molecule has 1 rings (SSSR count). The fourth-order valence-corrected chi connectivity index (χ4v) is 1.11. The summed E-state index contributed by atoms with van der Waals surface area (Å²) in [5.41, 5.74) is 0.423. The van der Waals surface area contributed by atoms with Crippen LogP contribution in [-0.4, -0.2) is 24.7 Å². The summed E-state index contributed by atoms with van der Waals surface area (Å²) in [5, 5.41) is 11.7. The summed E-state index contributed by atoms with van der Waals surface area (Å²) in [6.45, 7) is 2.27. The number of benzene rings is 1. The third kappa shape index (κ3) is 2.16. The first-order valence-electron chi connectivity index (χ1n) is 4.37. The maximum absolute atomic E-state index is 11.3. The number of carbonyl (C=O) groups excluding carboxylic acids is 1. The van der Waals surface area contributed by atoms with Crippen molar-refractivity contribution in [2.45, 2.75) is 6.92 Å². The van der Waals surface area contributed by atoms with Gasteiger partial charge in [0.2, 0.25) is 0 Å². The minimum Gasteiger partial charge on any atom is -0.508 e. The summed E-state index contributed by atoms with van der Waals surface area (Å²) in [6, 6.07) is 4.40. The Labute approximate surface area is 82.5 Å². The fourth-order valence-electron chi connectivity index (χ4n) is 1.11. The molecule has 2 N–H and O–H groups in total. The van der Waals surface area contributed by atoms with Crippen LogP contribution in [0.25, 0.3) is 0 Å². The molecule has 0 spiro atoms. The van der Waals surface area contributed by atoms with Crippen LogP contribution < -0.4 is 10.1 Å². The van der Waals surface area contributed by atoms with Crippen LogP contribution in [0.1, 0.15) is 17.3 Å². The van der Waals surface area contributed by atoms with Crippen LogP contribution in [0.3, 0.4) is 0 Å². The van der Waals surface area contributed by atoms with E-state index in [1.54, 1.807) is 7.05 Å². The number of hydrogen-bond acceptors (Lipinski definition) is 3. The van der Waals surface area contributed by atoms with Gasteiger partial charge in [0, 0.05) is 13.1 Å². The number of amides is 1. The van der Waals surface area contributed by atoms with E-state index in [0.29, 0.717) is 17.9 Å². The SMILES string of the molecule is CCOc1cc(O)ccc1C(=O)NC. The molecule has 0 bridgehead atoms. The molecule has 1 amide bonds. The zero-order valence-corrected chi connectivity index (χ0v) is 8.20. The highest BCUT2D eigenvalue weighted by Gasteiger charge is 2.11. The monoisotopic (exact) mass is 195 g/mol. The molecule has 0 atom stereocenters. The van der Waals surface area contributed by atoms with E-state index in [1.807, 2.05) is 6.92 Å². The van der Waals surface area contributed by atoms with Crippen molar-refractivity contribution in [3.8, 4) is 11.5 Å². The molecule has 0 heterocycles. The Morgan fingerprint density at radius 2 is 2.29 bits per heavy atom. The Kier molecular flexibility index (Phi) is 3.34. The predicted molar refractivity (Wildman–Crippen MR) is 52.7 cm³/mol. The van der Waals surface area contributed by atoms with Crippen molar-refractivity contribution in [3.63, 3.8) is 0 Å². The van der Waals surface area contributed by atoms with E-state index in [9.17, 15) is 9.90 Å². The lowest BCUT2D eigenvalue weighted by molar-refractivity contribution is 0.0959. The minimum atomic E-state index is -0.228. The highest BCUT2D eigenvalue weighted by molar-refractivity contribution is 5.96. The van der Waals surface area contributed by atoms with Gasteiger partial charge in [0.05, 0.1) is 12.2 Å². The molecule has 1 aromatic carbocycles. The molecular weight excluding hydrogens is 182 g/mol. The smallest absolute Gasteiger partial charge is 0.254 e. The summed E-state index contributed by atoms with van der Waals surface area (Å²) < 4.78 is 5.22. The van der Waals surface area contributed by atoms with Crippen LogP contribution in [0, 0.1) is 0 Å². The summed E-state index contributed by atoms with van der Waals surface area (Å²) >= 11 is 0. The molecule has 4 heteroatoms. The van der Waals surface area contributed by atoms with Crippen molar-refractivity contribution >= 4 is 5.91 Å². The molecule has 76 valence electrons. The molecule has 0 saturated heterocycles. The normalized spacial score (nSPS) is 9.57. The summed E-state index contributed by atoms with van der Waals surface area (Å²) in [7, 11) is 1.55. The first kappa shape index (κ1) is 10.4. The van der Waals surface area contributed by atoms with Crippen molar-refractivity contribution in [1.29, 1.82) is 0 Å². The van der Waals surface area contributed by atoms with Crippen molar-refractivity contribution < 1.29 is 14.6 Å². The Morgan fingerprint density at radius 1 is 1.57 bits per heavy atom. The second-order valence-electron chi connectivity index (χ2n) is 2.69. The van der Waals surface area contributed by atoms with Gasteiger partial charge in [-0.2, -0.15) is 0 Å². The average Bonchev–Trinajstić information content (AvgIpc) is 2.17. The van der Waals surface area contributed by atoms with Crippen LogP contribution >= 0.6 is 0 Å². The predicted octanol–water partition coefficient (Wildman–Crippen LogP) is 1.15. The van der Waals surface area contributed by atoms with Crippen LogP contribution in [0.15, 0.2) is 18.2 Å². The number of carbonyl (C=O) groups is 1. The van der Waals surface area contributed by atoms with Crippen LogP contribution in [0.5, 0.6) is 11.5 Å². The average molecular weight is 195 g/mol. The molecule has 4 nitrogen and oxygen atoms in total. The Bertz CT molecular complexity index is 336. The van der Waals surface area contributed by atoms with Crippen LogP contribution in [0.2, 0.25) is 0 Å². The Morgan fingerprint density at radius 3 is 2.86 bits per heavy atom. The lowest BCUT2D eigenvalue weighted by Gasteiger charge is -2.08. The third-order valence-corrected chi connectivity index (χ3v) is 1.74. The molecule has 0 unspecified atom stereocenters. The lowest BCUT2D eigenvalue weighted by atomic mass is 10.2. The van der Waals surface area contributed by atoms with E-state index >= 15 is 0 Å². The van der Waals surface area contributed by atoms with E-state index in [4.69, 9.17) is 4.74 Å². The topological polar surface area (TPSA) is 58.6 Å². The van der Waals surface area contributed by atoms with Gasteiger partial charge >= 0.3 is 0 Å². The largest absolute Gasteiger partial charge is 0.508 e. The zero-order valence-electron chi connectivity index (χ0n) is 8.20. The summed E-state index contributed by atoms with van der Waals surface area (Å²) in [5.74, 6) is 0.251. The van der Waals surface area contributed by atoms with Crippen molar-refractivity contribution in [2.24, 2.45) is 0 Å². The second kappa shape index (κ2) is 4.50. The number of phenolic OH excluding ortho intramolecular Hbond substituents is 1. The first-order valence-corrected chi connectivity index (χ1v) is 4.37. The van der Waals surface area contributed by atoms with Gasteiger partial charge in [-0.3, -0.25) is 4.79 Å². The summed E-state index contributed by atoms with van der Waals surface area (Å²) in [6.07, 6.45) is 0. The first-order chi connectivity index (χ1) is 6.69. The molecule has 14 heavy (non-hydrogen) atoms. The van der Waals surface area contributed by atoms with Crippen LogP contribution in [-0.2, 0) is 0 Å². The number of hydrogen-bond donors (Lipinski definition) is 2. The molecule has 0 radical (unpaired) electrons. The highest BCUT2D eigenvalue weighted by Crippen LogP contribution is 2.23. The molecule has 1 aromatic rings. The summed E-state index contributed by atoms with van der Waals surface area (Å²) in [4.78, 5) is 11.3. The van der Waals surface area contributed by atoms with Crippen LogP contribution in [0.4, 0.5) is 0 Å². The van der Waals surface area contributed by atoms with E-state index in [1.165, 1.54) is 18.2 Å². The Hall–Kier alpha value is -1.71. The van der Waals surface area contributed by atoms with Gasteiger partial charge in [-0.25, -0.2) is 0 Å². The molecule has 0 aliphatic rings. The number of rotatable bonds is 3. The Balaban J connectivity index is 3.07. The highest BCUT2D eigenvalue weighted by atomic mass is 16.5. The number of aromatic hydroxyl groups is 1. The molecule has 0 fully saturated rings. The standard InChI is InChI=1S/C10H13NO3/c1-3-14-9-6-7(12)4-5-8(9)10(13)11-2/h4-6,12H,3H2,1-2H3,(H,11,13). The van der Waals surface area contributed by atoms with Gasteiger partial charge in [-0.05, 0) is 19.1 Å². The van der Waals surface area contributed by atoms with E-state index in [2.05, 4.69) is 5.32 Å². The second-order valence-corrected chi connectivity index (χ2v) is 2.69. The van der Waals surface area contributed by atoms with E-state index in [0.717, 1.165) is 0 Å². The van der Waals surface area contributed by atoms with E-state index in [-0.39, 0.29) is 11.7 Å². The fraction of sp³-hybridized carbons (Fsp3) is 0.300. The van der Waals surface area contributed by atoms with Crippen molar-refractivity contribution in [3.05, 3.63) is 23.8 Å². The zero-order chi connectivity index (χ0) is 10.6. The quantitative estimate of drug-likeness (QED) is 0.760. The van der Waals surface area contributed by atoms with Gasteiger partial charge in [0.15, 0.2) is 0 Å². The number of ether oxygens (including phenoxy) is 1. The van der Waals surface area contributed by atoms with Crippen molar-refractivity contribution in [2.75, 3.05) is 13.7 Å². The molecular formula is C10H13NO3. The number of nitrogens with one attached hydrogen (secondary N) is 1. The number of phenols is 1. The maximum atomic E-state index is 11.3. The maximum Gasteiger partial charge on any atom is 0.254 e. The molecule has 0 saturated carbocycles. The molecule has 0 aliphatic heterocycles. The van der Waals surface area contributed by atoms with Gasteiger partial charge in [0.25, 0.3) is 5.91 Å². The van der Waals surface area contributed by atoms with E-state index < -0.39 is 0 Å². The lowest BCUT2D eigenvalue weighted by Crippen LogP contribution is -2.18. The molecule has 0 aromatic heterocycles. The van der Waals surface area contributed by atoms with Gasteiger partial charge in [-0.1, -0.05) is 0 Å². The third-order valence-electron chi connectivity index (χ3n) is 1.74. The van der Waals surface area contributed by atoms with Gasteiger partial charge in [0.1, 0.15) is 11.5 Å². The van der Waals surface area contributed by atoms with Gasteiger partial charge in [-0.15, -0.1) is 0 Å². The van der Waals surface area contributed by atoms with Crippen molar-refractivity contribution in [1.82, 2.24) is 5.32 Å². The molecule has 0 aliphatic carbocycles.